The number of ether oxygens (including phenoxy) is 2. The number of rotatable bonds is 5. The molecule has 0 amide bonds. The summed E-state index contributed by atoms with van der Waals surface area (Å²) in [5.41, 5.74) is 1.08. The number of Topliss-reactive ketones (excluding diaryl/α,β-unsaturated/α-hetero) is 1. The molecule has 0 radical (unpaired) electrons. The van der Waals surface area contributed by atoms with Crippen molar-refractivity contribution in [3.63, 3.8) is 0 Å². The molecule has 0 atom stereocenters. The summed E-state index contributed by atoms with van der Waals surface area (Å²) >= 11 is 0. The molecular formula is C19H18O4. The van der Waals surface area contributed by atoms with Crippen LogP contribution in [-0.4, -0.2) is 18.9 Å². The Morgan fingerprint density at radius 2 is 1.70 bits per heavy atom. The third-order valence-electron chi connectivity index (χ3n) is 4.23. The molecule has 1 fully saturated rings. The van der Waals surface area contributed by atoms with Gasteiger partial charge in [0, 0.05) is 12.8 Å². The molecule has 0 bridgehead atoms. The van der Waals surface area contributed by atoms with E-state index in [-0.39, 0.29) is 24.6 Å². The van der Waals surface area contributed by atoms with E-state index in [0.717, 1.165) is 16.9 Å². The van der Waals surface area contributed by atoms with Crippen molar-refractivity contribution in [1.29, 1.82) is 0 Å². The first-order valence-corrected chi connectivity index (χ1v) is 7.51. The van der Waals surface area contributed by atoms with Crippen LogP contribution in [0.15, 0.2) is 54.6 Å². The van der Waals surface area contributed by atoms with E-state index in [1.54, 1.807) is 0 Å². The summed E-state index contributed by atoms with van der Waals surface area (Å²) in [7, 11) is 1.35. The average molecular weight is 310 g/mol. The number of methoxy groups -OCH3 is 1. The van der Waals surface area contributed by atoms with Gasteiger partial charge < -0.3 is 9.47 Å². The molecule has 1 aliphatic carbocycles. The van der Waals surface area contributed by atoms with Crippen LogP contribution in [0.5, 0.6) is 5.75 Å². The van der Waals surface area contributed by atoms with E-state index in [4.69, 9.17) is 9.47 Å². The van der Waals surface area contributed by atoms with E-state index in [9.17, 15) is 9.59 Å². The first-order valence-electron chi connectivity index (χ1n) is 7.51. The standard InChI is InChI=1S/C19H18O4/c1-22-18(21)19(11-16(20)12-19)15-7-9-17(10-8-15)23-13-14-5-3-2-4-6-14/h2-10H,11-13H2,1H3. The van der Waals surface area contributed by atoms with Gasteiger partial charge in [-0.25, -0.2) is 0 Å². The minimum absolute atomic E-state index is 0.0832. The third kappa shape index (κ3) is 2.97. The van der Waals surface area contributed by atoms with Gasteiger partial charge in [-0.3, -0.25) is 9.59 Å². The molecule has 1 saturated carbocycles. The van der Waals surface area contributed by atoms with Gasteiger partial charge in [0.05, 0.1) is 7.11 Å². The Balaban J connectivity index is 1.71. The van der Waals surface area contributed by atoms with Crippen LogP contribution in [-0.2, 0) is 26.3 Å². The van der Waals surface area contributed by atoms with Crippen molar-refractivity contribution in [2.24, 2.45) is 0 Å². The number of carbonyl (C=O) groups excluding carboxylic acids is 2. The van der Waals surface area contributed by atoms with Gasteiger partial charge in [-0.1, -0.05) is 42.5 Å². The summed E-state index contributed by atoms with van der Waals surface area (Å²) in [5.74, 6) is 0.457. The molecule has 0 aliphatic heterocycles. The molecule has 0 aromatic heterocycles. The molecule has 0 saturated heterocycles. The van der Waals surface area contributed by atoms with Crippen LogP contribution in [0.4, 0.5) is 0 Å². The number of hydrogen-bond donors (Lipinski definition) is 0. The van der Waals surface area contributed by atoms with Gasteiger partial charge in [0.1, 0.15) is 23.6 Å². The smallest absolute Gasteiger partial charge is 0.317 e. The summed E-state index contributed by atoms with van der Waals surface area (Å²) < 4.78 is 10.6. The minimum Gasteiger partial charge on any atom is -0.489 e. The zero-order valence-corrected chi connectivity index (χ0v) is 13.0. The van der Waals surface area contributed by atoms with E-state index in [1.165, 1.54) is 7.11 Å². The maximum absolute atomic E-state index is 12.1. The number of hydrogen-bond acceptors (Lipinski definition) is 4. The predicted molar refractivity (Wildman–Crippen MR) is 85.2 cm³/mol. The van der Waals surface area contributed by atoms with Crippen molar-refractivity contribution >= 4 is 11.8 Å². The van der Waals surface area contributed by atoms with Crippen LogP contribution in [0.1, 0.15) is 24.0 Å². The third-order valence-corrected chi connectivity index (χ3v) is 4.23. The Bertz CT molecular complexity index is 696. The summed E-state index contributed by atoms with van der Waals surface area (Å²) in [6, 6.07) is 17.2. The summed E-state index contributed by atoms with van der Waals surface area (Å²) in [6.07, 6.45) is 0.424. The highest BCUT2D eigenvalue weighted by Gasteiger charge is 2.52. The van der Waals surface area contributed by atoms with Crippen LogP contribution in [0.2, 0.25) is 0 Å². The fraction of sp³-hybridized carbons (Fsp3) is 0.263. The SMILES string of the molecule is COC(=O)C1(c2ccc(OCc3ccccc3)cc2)CC(=O)C1. The highest BCUT2D eigenvalue weighted by Crippen LogP contribution is 2.42. The second kappa shape index (κ2) is 6.24. The van der Waals surface area contributed by atoms with E-state index in [0.29, 0.717) is 6.61 Å². The highest BCUT2D eigenvalue weighted by atomic mass is 16.5. The van der Waals surface area contributed by atoms with Gasteiger partial charge in [0.15, 0.2) is 0 Å². The van der Waals surface area contributed by atoms with E-state index in [2.05, 4.69) is 0 Å². The van der Waals surface area contributed by atoms with Gasteiger partial charge >= 0.3 is 5.97 Å². The first kappa shape index (κ1) is 15.3. The molecule has 0 spiro atoms. The summed E-state index contributed by atoms with van der Waals surface area (Å²) in [5, 5.41) is 0. The van der Waals surface area contributed by atoms with Crippen LogP contribution in [0, 0.1) is 0 Å². The molecule has 3 rings (SSSR count). The Hall–Kier alpha value is -2.62. The Kier molecular flexibility index (Phi) is 4.15. The molecule has 4 nitrogen and oxygen atoms in total. The molecule has 0 heterocycles. The normalized spacial score (nSPS) is 15.6. The van der Waals surface area contributed by atoms with Crippen LogP contribution in [0.3, 0.4) is 0 Å². The number of esters is 1. The van der Waals surface area contributed by atoms with E-state index >= 15 is 0 Å². The molecule has 0 unspecified atom stereocenters. The minimum atomic E-state index is -0.816. The van der Waals surface area contributed by atoms with Crippen molar-refractivity contribution in [3.8, 4) is 5.75 Å². The molecule has 1 aliphatic rings. The Labute approximate surface area is 135 Å². The lowest BCUT2D eigenvalue weighted by atomic mass is 9.63. The molecule has 0 N–H and O–H groups in total. The van der Waals surface area contributed by atoms with Crippen molar-refractivity contribution in [3.05, 3.63) is 65.7 Å². The van der Waals surface area contributed by atoms with Gasteiger partial charge in [0.25, 0.3) is 0 Å². The Morgan fingerprint density at radius 3 is 2.26 bits per heavy atom. The van der Waals surface area contributed by atoms with Crippen molar-refractivity contribution in [2.45, 2.75) is 24.9 Å². The van der Waals surface area contributed by atoms with E-state index < -0.39 is 5.41 Å². The first-order chi connectivity index (χ1) is 11.1. The van der Waals surface area contributed by atoms with Crippen LogP contribution < -0.4 is 4.74 Å². The number of benzene rings is 2. The monoisotopic (exact) mass is 310 g/mol. The van der Waals surface area contributed by atoms with Gasteiger partial charge in [-0.05, 0) is 23.3 Å². The molecule has 23 heavy (non-hydrogen) atoms. The van der Waals surface area contributed by atoms with Crippen molar-refractivity contribution in [2.75, 3.05) is 7.11 Å². The predicted octanol–water partition coefficient (Wildman–Crippen LogP) is 3.04. The molecule has 118 valence electrons. The fourth-order valence-electron chi connectivity index (χ4n) is 2.89. The molecule has 2 aromatic rings. The second-order valence-electron chi connectivity index (χ2n) is 5.76. The summed E-state index contributed by atoms with van der Waals surface area (Å²) in [4.78, 5) is 23.5. The maximum atomic E-state index is 12.1. The lowest BCUT2D eigenvalue weighted by Gasteiger charge is -2.37. The molecular weight excluding hydrogens is 292 g/mol. The number of ketones is 1. The zero-order chi connectivity index (χ0) is 16.3. The van der Waals surface area contributed by atoms with Gasteiger partial charge in [-0.2, -0.15) is 0 Å². The van der Waals surface area contributed by atoms with Crippen LogP contribution in [0.25, 0.3) is 0 Å². The summed E-state index contributed by atoms with van der Waals surface area (Å²) in [6.45, 7) is 0.487. The van der Waals surface area contributed by atoms with Gasteiger partial charge in [0.2, 0.25) is 0 Å². The van der Waals surface area contributed by atoms with Gasteiger partial charge in [-0.15, -0.1) is 0 Å². The topological polar surface area (TPSA) is 52.6 Å². The quantitative estimate of drug-likeness (QED) is 0.797. The highest BCUT2D eigenvalue weighted by molar-refractivity contribution is 6.02. The lowest BCUT2D eigenvalue weighted by molar-refractivity contribution is -0.156. The average Bonchev–Trinajstić information content (AvgIpc) is 2.58. The number of carbonyl (C=O) groups is 2. The molecule has 4 heteroatoms. The second-order valence-corrected chi connectivity index (χ2v) is 5.76. The van der Waals surface area contributed by atoms with Crippen molar-refractivity contribution < 1.29 is 19.1 Å². The lowest BCUT2D eigenvalue weighted by Crippen LogP contribution is -2.48. The fourth-order valence-corrected chi connectivity index (χ4v) is 2.89. The molecule has 2 aromatic carbocycles. The van der Waals surface area contributed by atoms with Crippen LogP contribution >= 0.6 is 0 Å². The Morgan fingerprint density at radius 1 is 1.04 bits per heavy atom. The zero-order valence-electron chi connectivity index (χ0n) is 13.0. The van der Waals surface area contributed by atoms with E-state index in [1.807, 2.05) is 54.6 Å². The maximum Gasteiger partial charge on any atom is 0.317 e. The van der Waals surface area contributed by atoms with Crippen molar-refractivity contribution in [1.82, 2.24) is 0 Å². The largest absolute Gasteiger partial charge is 0.489 e.